The average molecular weight is 298 g/mol. The molecule has 0 heterocycles. The standard InChI is InChI=1S/C19H39NO/c1-19(2,15-16-21-3)17-20-18-13-11-9-7-5-4-6-8-10-12-14-18/h18,20H,4-17H2,1-3H3. The maximum atomic E-state index is 5.23. The molecule has 0 aromatic rings. The minimum absolute atomic E-state index is 0.347. The van der Waals surface area contributed by atoms with Gasteiger partial charge in [-0.1, -0.05) is 71.6 Å². The maximum Gasteiger partial charge on any atom is 0.0467 e. The van der Waals surface area contributed by atoms with E-state index in [-0.39, 0.29) is 0 Å². The highest BCUT2D eigenvalue weighted by Crippen LogP contribution is 2.21. The van der Waals surface area contributed by atoms with E-state index in [0.29, 0.717) is 5.41 Å². The van der Waals surface area contributed by atoms with Crippen LogP contribution in [0, 0.1) is 5.41 Å². The second-order valence-electron chi connectivity index (χ2n) is 7.74. The van der Waals surface area contributed by atoms with Gasteiger partial charge >= 0.3 is 0 Å². The highest BCUT2D eigenvalue weighted by molar-refractivity contribution is 4.76. The van der Waals surface area contributed by atoms with Crippen LogP contribution in [0.2, 0.25) is 0 Å². The van der Waals surface area contributed by atoms with Gasteiger partial charge in [-0.15, -0.1) is 0 Å². The molecule has 1 rings (SSSR count). The van der Waals surface area contributed by atoms with E-state index in [1.807, 2.05) is 0 Å². The van der Waals surface area contributed by atoms with Crippen molar-refractivity contribution in [3.05, 3.63) is 0 Å². The topological polar surface area (TPSA) is 21.3 Å². The van der Waals surface area contributed by atoms with Crippen molar-refractivity contribution in [3.8, 4) is 0 Å². The van der Waals surface area contributed by atoms with Crippen molar-refractivity contribution in [1.29, 1.82) is 0 Å². The lowest BCUT2D eigenvalue weighted by Crippen LogP contribution is -2.37. The zero-order valence-electron chi connectivity index (χ0n) is 14.9. The second-order valence-corrected chi connectivity index (χ2v) is 7.74. The predicted molar refractivity (Wildman–Crippen MR) is 92.9 cm³/mol. The van der Waals surface area contributed by atoms with Crippen LogP contribution >= 0.6 is 0 Å². The van der Waals surface area contributed by atoms with Gasteiger partial charge in [0, 0.05) is 26.3 Å². The summed E-state index contributed by atoms with van der Waals surface area (Å²) in [6.07, 6.45) is 16.9. The molecule has 21 heavy (non-hydrogen) atoms. The fourth-order valence-corrected chi connectivity index (χ4v) is 3.25. The lowest BCUT2D eigenvalue weighted by molar-refractivity contribution is 0.148. The highest BCUT2D eigenvalue weighted by atomic mass is 16.5. The van der Waals surface area contributed by atoms with Gasteiger partial charge in [-0.05, 0) is 24.7 Å². The zero-order chi connectivity index (χ0) is 15.4. The first-order valence-corrected chi connectivity index (χ1v) is 9.36. The molecule has 0 aliphatic heterocycles. The first-order valence-electron chi connectivity index (χ1n) is 9.36. The number of hydrogen-bond donors (Lipinski definition) is 1. The van der Waals surface area contributed by atoms with E-state index in [1.165, 1.54) is 70.6 Å². The minimum atomic E-state index is 0.347. The van der Waals surface area contributed by atoms with Gasteiger partial charge in [0.15, 0.2) is 0 Å². The molecule has 126 valence electrons. The average Bonchev–Trinajstić information content (AvgIpc) is 2.45. The Kier molecular flexibility index (Phi) is 10.4. The van der Waals surface area contributed by atoms with E-state index < -0.39 is 0 Å². The van der Waals surface area contributed by atoms with Gasteiger partial charge in [-0.3, -0.25) is 0 Å². The van der Waals surface area contributed by atoms with Crippen LogP contribution in [0.25, 0.3) is 0 Å². The Balaban J connectivity index is 2.30. The Bertz CT molecular complexity index is 228. The summed E-state index contributed by atoms with van der Waals surface area (Å²) in [6.45, 7) is 6.71. The molecule has 0 unspecified atom stereocenters. The first-order chi connectivity index (χ1) is 10.1. The van der Waals surface area contributed by atoms with Crippen LogP contribution in [0.5, 0.6) is 0 Å². The Morgan fingerprint density at radius 1 is 0.857 bits per heavy atom. The van der Waals surface area contributed by atoms with Crippen molar-refractivity contribution in [1.82, 2.24) is 5.32 Å². The SMILES string of the molecule is COCCC(C)(C)CNC1CCCCCCCCCCC1. The van der Waals surface area contributed by atoms with Crippen molar-refractivity contribution in [2.75, 3.05) is 20.3 Å². The number of methoxy groups -OCH3 is 1. The summed E-state index contributed by atoms with van der Waals surface area (Å²) < 4.78 is 5.23. The molecule has 0 aromatic heterocycles. The van der Waals surface area contributed by atoms with E-state index in [9.17, 15) is 0 Å². The summed E-state index contributed by atoms with van der Waals surface area (Å²) in [7, 11) is 1.80. The minimum Gasteiger partial charge on any atom is -0.385 e. The molecule has 1 fully saturated rings. The lowest BCUT2D eigenvalue weighted by atomic mass is 9.88. The van der Waals surface area contributed by atoms with Crippen molar-refractivity contribution in [2.24, 2.45) is 5.41 Å². The number of nitrogens with one attached hydrogen (secondary N) is 1. The third-order valence-corrected chi connectivity index (χ3v) is 4.96. The van der Waals surface area contributed by atoms with E-state index >= 15 is 0 Å². The predicted octanol–water partition coefficient (Wildman–Crippen LogP) is 5.31. The largest absolute Gasteiger partial charge is 0.385 e. The molecule has 0 bridgehead atoms. The van der Waals surface area contributed by atoms with Crippen LogP contribution in [-0.4, -0.2) is 26.3 Å². The van der Waals surface area contributed by atoms with Gasteiger partial charge in [0.25, 0.3) is 0 Å². The van der Waals surface area contributed by atoms with Gasteiger partial charge in [-0.2, -0.15) is 0 Å². The van der Waals surface area contributed by atoms with Crippen molar-refractivity contribution in [3.63, 3.8) is 0 Å². The first kappa shape index (κ1) is 19.0. The summed E-state index contributed by atoms with van der Waals surface area (Å²) in [5, 5.41) is 3.87. The Morgan fingerprint density at radius 3 is 1.81 bits per heavy atom. The molecule has 1 aliphatic rings. The normalized spacial score (nSPS) is 20.7. The van der Waals surface area contributed by atoms with E-state index in [2.05, 4.69) is 19.2 Å². The Morgan fingerprint density at radius 2 is 1.33 bits per heavy atom. The molecule has 1 N–H and O–H groups in total. The molecule has 0 atom stereocenters. The zero-order valence-corrected chi connectivity index (χ0v) is 14.9. The van der Waals surface area contributed by atoms with Crippen molar-refractivity contribution < 1.29 is 4.74 Å². The molecular formula is C19H39NO. The van der Waals surface area contributed by atoms with Crippen LogP contribution in [-0.2, 0) is 4.74 Å². The van der Waals surface area contributed by atoms with Gasteiger partial charge in [-0.25, -0.2) is 0 Å². The molecule has 0 radical (unpaired) electrons. The third kappa shape index (κ3) is 10.3. The molecule has 0 saturated heterocycles. The number of ether oxygens (including phenoxy) is 1. The van der Waals surface area contributed by atoms with E-state index in [0.717, 1.165) is 25.6 Å². The summed E-state index contributed by atoms with van der Waals surface area (Å²) >= 11 is 0. The second kappa shape index (κ2) is 11.5. The Labute approximate surface area is 133 Å². The van der Waals surface area contributed by atoms with Gasteiger partial charge in [0.1, 0.15) is 0 Å². The van der Waals surface area contributed by atoms with Crippen LogP contribution in [0.15, 0.2) is 0 Å². The molecule has 0 amide bonds. The number of rotatable bonds is 6. The molecule has 0 aromatic carbocycles. The quantitative estimate of drug-likeness (QED) is 0.717. The lowest BCUT2D eigenvalue weighted by Gasteiger charge is -2.28. The molecule has 2 heteroatoms. The molecule has 1 aliphatic carbocycles. The van der Waals surface area contributed by atoms with E-state index in [4.69, 9.17) is 4.74 Å². The Hall–Kier alpha value is -0.0800. The monoisotopic (exact) mass is 297 g/mol. The van der Waals surface area contributed by atoms with Crippen LogP contribution < -0.4 is 5.32 Å². The smallest absolute Gasteiger partial charge is 0.0467 e. The van der Waals surface area contributed by atoms with Crippen molar-refractivity contribution >= 4 is 0 Å². The van der Waals surface area contributed by atoms with Crippen LogP contribution in [0.3, 0.4) is 0 Å². The summed E-state index contributed by atoms with van der Waals surface area (Å²) in [4.78, 5) is 0. The summed E-state index contributed by atoms with van der Waals surface area (Å²) in [6, 6.07) is 0.742. The van der Waals surface area contributed by atoms with Gasteiger partial charge in [0.2, 0.25) is 0 Å². The molecule has 1 saturated carbocycles. The molecule has 0 spiro atoms. The summed E-state index contributed by atoms with van der Waals surface area (Å²) in [5.74, 6) is 0. The number of hydrogen-bond acceptors (Lipinski definition) is 2. The third-order valence-electron chi connectivity index (χ3n) is 4.96. The van der Waals surface area contributed by atoms with Gasteiger partial charge in [0.05, 0.1) is 0 Å². The van der Waals surface area contributed by atoms with Gasteiger partial charge < -0.3 is 10.1 Å². The van der Waals surface area contributed by atoms with Crippen LogP contribution in [0.4, 0.5) is 0 Å². The fraction of sp³-hybridized carbons (Fsp3) is 1.00. The van der Waals surface area contributed by atoms with E-state index in [1.54, 1.807) is 7.11 Å². The van der Waals surface area contributed by atoms with Crippen LogP contribution in [0.1, 0.15) is 90.9 Å². The molecule has 2 nitrogen and oxygen atoms in total. The molecular weight excluding hydrogens is 258 g/mol. The fourth-order valence-electron chi connectivity index (χ4n) is 3.25. The maximum absolute atomic E-state index is 5.23. The summed E-state index contributed by atoms with van der Waals surface area (Å²) in [5.41, 5.74) is 0.347. The van der Waals surface area contributed by atoms with Crippen molar-refractivity contribution in [2.45, 2.75) is 96.9 Å². The highest BCUT2D eigenvalue weighted by Gasteiger charge is 2.19.